The highest BCUT2D eigenvalue weighted by Gasteiger charge is 2.48. The zero-order valence-corrected chi connectivity index (χ0v) is 18.1. The van der Waals surface area contributed by atoms with Gasteiger partial charge in [0.15, 0.2) is 0 Å². The second-order valence-corrected chi connectivity index (χ2v) is 7.86. The molecule has 3 aromatic carbocycles. The Morgan fingerprint density at radius 3 is 2.52 bits per heavy atom. The van der Waals surface area contributed by atoms with E-state index in [9.17, 15) is 14.7 Å². The first-order chi connectivity index (χ1) is 16.0. The van der Waals surface area contributed by atoms with E-state index in [1.165, 1.54) is 11.2 Å². The van der Waals surface area contributed by atoms with Crippen molar-refractivity contribution in [1.82, 2.24) is 0 Å². The van der Waals surface area contributed by atoms with Gasteiger partial charge < -0.3 is 14.3 Å². The lowest BCUT2D eigenvalue weighted by molar-refractivity contribution is -0.132. The van der Waals surface area contributed by atoms with Crippen LogP contribution in [0.2, 0.25) is 0 Å². The number of furan rings is 1. The predicted octanol–water partition coefficient (Wildman–Crippen LogP) is 5.38. The highest BCUT2D eigenvalue weighted by atomic mass is 16.5. The highest BCUT2D eigenvalue weighted by Crippen LogP contribution is 2.44. The van der Waals surface area contributed by atoms with Gasteiger partial charge in [0.2, 0.25) is 0 Å². The molecule has 6 heteroatoms. The second kappa shape index (κ2) is 7.98. The van der Waals surface area contributed by atoms with Gasteiger partial charge in [-0.05, 0) is 54.3 Å². The number of benzene rings is 3. The van der Waals surface area contributed by atoms with Gasteiger partial charge in [-0.15, -0.1) is 0 Å². The van der Waals surface area contributed by atoms with E-state index in [1.807, 2.05) is 36.4 Å². The van der Waals surface area contributed by atoms with Gasteiger partial charge in [0.1, 0.15) is 23.3 Å². The fraction of sp³-hybridized carbons (Fsp3) is 0.111. The summed E-state index contributed by atoms with van der Waals surface area (Å²) in [6.07, 6.45) is 1.48. The van der Waals surface area contributed by atoms with Crippen molar-refractivity contribution < 1.29 is 23.8 Å². The Bertz CT molecular complexity index is 1410. The first-order valence-corrected chi connectivity index (χ1v) is 10.5. The lowest BCUT2D eigenvalue weighted by atomic mass is 9.96. The molecule has 164 valence electrons. The number of ether oxygens (including phenoxy) is 1. The van der Waals surface area contributed by atoms with Gasteiger partial charge >= 0.3 is 0 Å². The first kappa shape index (κ1) is 20.6. The average molecular weight is 439 g/mol. The third kappa shape index (κ3) is 3.27. The molecular formula is C27H21NO5. The summed E-state index contributed by atoms with van der Waals surface area (Å²) < 4.78 is 10.9. The van der Waals surface area contributed by atoms with Crippen LogP contribution in [0.5, 0.6) is 5.75 Å². The molecule has 4 aromatic rings. The zero-order chi connectivity index (χ0) is 23.1. The van der Waals surface area contributed by atoms with E-state index in [1.54, 1.807) is 50.4 Å². The van der Waals surface area contributed by atoms with Crippen molar-refractivity contribution in [1.29, 1.82) is 0 Å². The molecule has 2 heterocycles. The summed E-state index contributed by atoms with van der Waals surface area (Å²) in [5.74, 6) is -0.729. The van der Waals surface area contributed by atoms with Crippen LogP contribution >= 0.6 is 0 Å². The standard InChI is InChI=1S/C27H21NO5/c1-16-15-18(32-2)12-13-19(16)25(29)23-24(22-11-6-14-33-22)28(27(31)26(23)30)21-10-5-8-17-7-3-4-9-20(17)21/h3-15,24,29H,1-2H3/b25-23-. The highest BCUT2D eigenvalue weighted by molar-refractivity contribution is 6.52. The van der Waals surface area contributed by atoms with Crippen molar-refractivity contribution in [3.8, 4) is 5.75 Å². The van der Waals surface area contributed by atoms with Crippen molar-refractivity contribution in [2.24, 2.45) is 0 Å². The number of aryl methyl sites for hydroxylation is 1. The minimum absolute atomic E-state index is 0.0175. The molecule has 1 aliphatic rings. The number of fused-ring (bicyclic) bond motifs is 1. The molecule has 0 bridgehead atoms. The van der Waals surface area contributed by atoms with Crippen LogP contribution in [0.4, 0.5) is 5.69 Å². The summed E-state index contributed by atoms with van der Waals surface area (Å²) in [5.41, 5.74) is 1.71. The maximum absolute atomic E-state index is 13.4. The summed E-state index contributed by atoms with van der Waals surface area (Å²) >= 11 is 0. The third-order valence-corrected chi connectivity index (χ3v) is 5.97. The predicted molar refractivity (Wildman–Crippen MR) is 125 cm³/mol. The molecule has 33 heavy (non-hydrogen) atoms. The van der Waals surface area contributed by atoms with Crippen molar-refractivity contribution in [3.05, 3.63) is 102 Å². The Labute approximate surface area is 190 Å². The lowest BCUT2D eigenvalue weighted by Crippen LogP contribution is -2.29. The number of amides is 1. The molecule has 0 aliphatic carbocycles. The Hall–Kier alpha value is -4.32. The Kier molecular flexibility index (Phi) is 4.98. The Morgan fingerprint density at radius 2 is 1.79 bits per heavy atom. The molecule has 0 radical (unpaired) electrons. The Balaban J connectivity index is 1.75. The van der Waals surface area contributed by atoms with Crippen molar-refractivity contribution in [2.45, 2.75) is 13.0 Å². The summed E-state index contributed by atoms with van der Waals surface area (Å²) in [6.45, 7) is 1.81. The minimum Gasteiger partial charge on any atom is -0.507 e. The molecule has 1 saturated heterocycles. The van der Waals surface area contributed by atoms with Crippen LogP contribution in [0, 0.1) is 6.92 Å². The molecule has 0 spiro atoms. The van der Waals surface area contributed by atoms with Crippen LogP contribution in [0.25, 0.3) is 16.5 Å². The van der Waals surface area contributed by atoms with Gasteiger partial charge in [0, 0.05) is 10.9 Å². The summed E-state index contributed by atoms with van der Waals surface area (Å²) in [7, 11) is 1.56. The van der Waals surface area contributed by atoms with E-state index in [4.69, 9.17) is 9.15 Å². The van der Waals surface area contributed by atoms with Crippen molar-refractivity contribution in [2.75, 3.05) is 12.0 Å². The number of hydrogen-bond acceptors (Lipinski definition) is 5. The molecule has 1 amide bonds. The molecule has 5 rings (SSSR count). The quantitative estimate of drug-likeness (QED) is 0.262. The third-order valence-electron chi connectivity index (χ3n) is 5.97. The van der Waals surface area contributed by atoms with Crippen LogP contribution < -0.4 is 9.64 Å². The average Bonchev–Trinajstić information content (AvgIpc) is 3.45. The largest absolute Gasteiger partial charge is 0.507 e. The number of carbonyl (C=O) groups is 2. The number of ketones is 1. The molecule has 1 aromatic heterocycles. The Morgan fingerprint density at radius 1 is 1.00 bits per heavy atom. The van der Waals surface area contributed by atoms with Crippen LogP contribution in [-0.4, -0.2) is 23.9 Å². The molecule has 1 atom stereocenters. The fourth-order valence-electron chi connectivity index (χ4n) is 4.39. The second-order valence-electron chi connectivity index (χ2n) is 7.86. The number of anilines is 1. The molecule has 1 N–H and O–H groups in total. The van der Waals surface area contributed by atoms with Crippen molar-refractivity contribution in [3.63, 3.8) is 0 Å². The van der Waals surface area contributed by atoms with Crippen LogP contribution in [0.3, 0.4) is 0 Å². The molecule has 1 aliphatic heterocycles. The van der Waals surface area contributed by atoms with E-state index < -0.39 is 17.7 Å². The first-order valence-electron chi connectivity index (χ1n) is 10.5. The number of Topliss-reactive ketones (excluding diaryl/α,β-unsaturated/α-hetero) is 1. The smallest absolute Gasteiger partial charge is 0.300 e. The topological polar surface area (TPSA) is 80.0 Å². The number of hydrogen-bond donors (Lipinski definition) is 1. The van der Waals surface area contributed by atoms with Crippen LogP contribution in [0.15, 0.2) is 89.0 Å². The van der Waals surface area contributed by atoms with Gasteiger partial charge in [-0.3, -0.25) is 14.5 Å². The number of methoxy groups -OCH3 is 1. The molecular weight excluding hydrogens is 418 g/mol. The number of aliphatic hydroxyl groups excluding tert-OH is 1. The van der Waals surface area contributed by atoms with E-state index >= 15 is 0 Å². The fourth-order valence-corrected chi connectivity index (χ4v) is 4.39. The molecule has 1 unspecified atom stereocenters. The van der Waals surface area contributed by atoms with Crippen LogP contribution in [0.1, 0.15) is 22.9 Å². The minimum atomic E-state index is -0.910. The number of carbonyl (C=O) groups excluding carboxylic acids is 2. The monoisotopic (exact) mass is 439 g/mol. The molecule has 1 fully saturated rings. The maximum atomic E-state index is 13.4. The van der Waals surface area contributed by atoms with E-state index in [-0.39, 0.29) is 11.3 Å². The summed E-state index contributed by atoms with van der Waals surface area (Å²) in [4.78, 5) is 28.1. The molecule has 0 saturated carbocycles. The summed E-state index contributed by atoms with van der Waals surface area (Å²) in [6, 6.07) is 20.8. The van der Waals surface area contributed by atoms with E-state index in [0.717, 1.165) is 10.8 Å². The van der Waals surface area contributed by atoms with Gasteiger partial charge in [-0.1, -0.05) is 36.4 Å². The number of nitrogens with zero attached hydrogens (tertiary/aromatic N) is 1. The van der Waals surface area contributed by atoms with Crippen LogP contribution in [-0.2, 0) is 9.59 Å². The SMILES string of the molecule is COc1ccc(/C(O)=C2/C(=O)C(=O)N(c3cccc4ccccc34)C2c2ccco2)c(C)c1. The zero-order valence-electron chi connectivity index (χ0n) is 18.1. The van der Waals surface area contributed by atoms with Gasteiger partial charge in [0.25, 0.3) is 11.7 Å². The lowest BCUT2D eigenvalue weighted by Gasteiger charge is -2.25. The van der Waals surface area contributed by atoms with E-state index in [2.05, 4.69) is 0 Å². The summed E-state index contributed by atoms with van der Waals surface area (Å²) in [5, 5.41) is 13.0. The maximum Gasteiger partial charge on any atom is 0.300 e. The van der Waals surface area contributed by atoms with Gasteiger partial charge in [-0.2, -0.15) is 0 Å². The molecule has 6 nitrogen and oxygen atoms in total. The van der Waals surface area contributed by atoms with Gasteiger partial charge in [-0.25, -0.2) is 0 Å². The number of rotatable bonds is 4. The number of aliphatic hydroxyl groups is 1. The van der Waals surface area contributed by atoms with Crippen molar-refractivity contribution >= 4 is 33.9 Å². The normalized spacial score (nSPS) is 17.6. The van der Waals surface area contributed by atoms with Gasteiger partial charge in [0.05, 0.1) is 24.6 Å². The van der Waals surface area contributed by atoms with E-state index in [0.29, 0.717) is 28.3 Å².